The van der Waals surface area contributed by atoms with E-state index in [1.165, 1.54) is 17.1 Å². The number of nitrogens with one attached hydrogen (secondary N) is 1. The maximum Gasteiger partial charge on any atom is 0.436 e. The van der Waals surface area contributed by atoms with Gasteiger partial charge in [0.15, 0.2) is 5.69 Å². The molecule has 0 aliphatic heterocycles. The molecular weight excluding hydrogens is 428 g/mol. The van der Waals surface area contributed by atoms with Crippen molar-refractivity contribution in [1.82, 2.24) is 24.5 Å². The van der Waals surface area contributed by atoms with Crippen LogP contribution in [0.25, 0.3) is 0 Å². The number of aromatic nitrogens is 5. The second kappa shape index (κ2) is 7.71. The lowest BCUT2D eigenvalue weighted by Crippen LogP contribution is -2.22. The summed E-state index contributed by atoms with van der Waals surface area (Å²) in [5, 5.41) is 9.47. The Kier molecular flexibility index (Phi) is 5.22. The van der Waals surface area contributed by atoms with Gasteiger partial charge in [0.05, 0.1) is 17.3 Å². The Bertz CT molecular complexity index is 1090. The molecule has 7 nitrogen and oxygen atoms in total. The Labute approximate surface area is 172 Å². The highest BCUT2D eigenvalue weighted by Gasteiger charge is 2.42. The largest absolute Gasteiger partial charge is 0.436 e. The van der Waals surface area contributed by atoms with Crippen LogP contribution in [0.2, 0.25) is 5.02 Å². The van der Waals surface area contributed by atoms with Gasteiger partial charge in [-0.05, 0) is 18.9 Å². The topological polar surface area (TPSA) is 77.6 Å². The van der Waals surface area contributed by atoms with Crippen molar-refractivity contribution in [3.05, 3.63) is 58.4 Å². The molecule has 0 atom stereocenters. The van der Waals surface area contributed by atoms with Crippen molar-refractivity contribution >= 4 is 23.5 Å². The summed E-state index contributed by atoms with van der Waals surface area (Å²) in [6.45, 7) is -0.367. The van der Waals surface area contributed by atoms with Crippen LogP contribution in [0, 0.1) is 5.82 Å². The molecule has 0 unspecified atom stereocenters. The Balaban J connectivity index is 1.46. The number of rotatable bonds is 6. The predicted molar refractivity (Wildman–Crippen MR) is 98.4 cm³/mol. The molecule has 30 heavy (non-hydrogen) atoms. The van der Waals surface area contributed by atoms with E-state index in [1.54, 1.807) is 18.2 Å². The maximum absolute atomic E-state index is 13.7. The van der Waals surface area contributed by atoms with Crippen molar-refractivity contribution in [2.24, 2.45) is 0 Å². The van der Waals surface area contributed by atoms with E-state index in [0.29, 0.717) is 18.4 Å². The smallest absolute Gasteiger partial charge is 0.292 e. The minimum atomic E-state index is -4.71. The van der Waals surface area contributed by atoms with Gasteiger partial charge in [0.2, 0.25) is 11.9 Å². The summed E-state index contributed by atoms with van der Waals surface area (Å²) in [5.41, 5.74) is -0.608. The van der Waals surface area contributed by atoms with Crippen LogP contribution >= 0.6 is 11.6 Å². The summed E-state index contributed by atoms with van der Waals surface area (Å²) >= 11 is 5.89. The number of hydrogen-bond acceptors (Lipinski definition) is 4. The van der Waals surface area contributed by atoms with E-state index >= 15 is 0 Å². The van der Waals surface area contributed by atoms with Crippen molar-refractivity contribution in [3.8, 4) is 0 Å². The van der Waals surface area contributed by atoms with Crippen LogP contribution in [-0.4, -0.2) is 30.5 Å². The SMILES string of the molecule is O=C(Cn1nc(C(F)(F)F)c(Cl)c1C1CC1)Nc1ncn(Cc2ccccc2F)n1. The highest BCUT2D eigenvalue weighted by molar-refractivity contribution is 6.32. The van der Waals surface area contributed by atoms with E-state index in [0.717, 1.165) is 4.68 Å². The monoisotopic (exact) mass is 442 g/mol. The fraction of sp³-hybridized carbons (Fsp3) is 0.333. The van der Waals surface area contributed by atoms with E-state index in [1.807, 2.05) is 0 Å². The van der Waals surface area contributed by atoms with Gasteiger partial charge in [-0.15, -0.1) is 5.10 Å². The highest BCUT2D eigenvalue weighted by Crippen LogP contribution is 2.46. The number of benzene rings is 1. The molecule has 0 radical (unpaired) electrons. The summed E-state index contributed by atoms with van der Waals surface area (Å²) in [6, 6.07) is 6.15. The lowest BCUT2D eigenvalue weighted by molar-refractivity contribution is -0.141. The molecule has 1 saturated carbocycles. The van der Waals surface area contributed by atoms with E-state index in [4.69, 9.17) is 11.6 Å². The standard InChI is InChI=1S/C18H15ClF4N6O/c19-14-15(10-5-6-10)29(26-16(14)18(21,22)23)8-13(30)25-17-24-9-28(27-17)7-11-3-1-2-4-12(11)20/h1-4,9-10H,5-8H2,(H,25,27,30). The molecule has 3 aromatic rings. The molecule has 1 aliphatic rings. The summed E-state index contributed by atoms with van der Waals surface area (Å²) in [4.78, 5) is 16.2. The third-order valence-electron chi connectivity index (χ3n) is 4.54. The van der Waals surface area contributed by atoms with Crippen LogP contribution in [-0.2, 0) is 24.1 Å². The molecule has 0 saturated heterocycles. The van der Waals surface area contributed by atoms with Crippen LogP contribution < -0.4 is 5.32 Å². The van der Waals surface area contributed by atoms with Crippen LogP contribution in [0.1, 0.15) is 35.7 Å². The molecule has 1 aromatic carbocycles. The van der Waals surface area contributed by atoms with Gasteiger partial charge in [0.1, 0.15) is 18.7 Å². The van der Waals surface area contributed by atoms with Gasteiger partial charge in [-0.25, -0.2) is 14.1 Å². The van der Waals surface area contributed by atoms with Gasteiger partial charge in [0, 0.05) is 11.5 Å². The van der Waals surface area contributed by atoms with Gasteiger partial charge >= 0.3 is 6.18 Å². The van der Waals surface area contributed by atoms with E-state index in [-0.39, 0.29) is 24.1 Å². The number of amides is 1. The van der Waals surface area contributed by atoms with Crippen LogP contribution in [0.5, 0.6) is 0 Å². The van der Waals surface area contributed by atoms with Crippen molar-refractivity contribution in [2.75, 3.05) is 5.32 Å². The van der Waals surface area contributed by atoms with E-state index in [9.17, 15) is 22.4 Å². The van der Waals surface area contributed by atoms with Crippen molar-refractivity contribution in [1.29, 1.82) is 0 Å². The zero-order chi connectivity index (χ0) is 21.5. The number of carbonyl (C=O) groups is 1. The normalized spacial score (nSPS) is 14.2. The third kappa shape index (κ3) is 4.30. The first-order valence-corrected chi connectivity index (χ1v) is 9.36. The van der Waals surface area contributed by atoms with Crippen LogP contribution in [0.4, 0.5) is 23.5 Å². The quantitative estimate of drug-likeness (QED) is 0.588. The Morgan fingerprint density at radius 3 is 2.63 bits per heavy atom. The minimum Gasteiger partial charge on any atom is -0.292 e. The lowest BCUT2D eigenvalue weighted by atomic mass is 10.2. The third-order valence-corrected chi connectivity index (χ3v) is 4.91. The lowest BCUT2D eigenvalue weighted by Gasteiger charge is -2.06. The number of hydrogen-bond donors (Lipinski definition) is 1. The molecule has 2 aromatic heterocycles. The zero-order valence-corrected chi connectivity index (χ0v) is 16.1. The molecule has 4 rings (SSSR count). The Hall–Kier alpha value is -2.95. The fourth-order valence-electron chi connectivity index (χ4n) is 3.03. The van der Waals surface area contributed by atoms with Crippen molar-refractivity contribution in [3.63, 3.8) is 0 Å². The average Bonchev–Trinajstić information content (AvgIpc) is 3.31. The molecule has 1 N–H and O–H groups in total. The molecule has 0 spiro atoms. The molecule has 1 amide bonds. The molecule has 1 fully saturated rings. The van der Waals surface area contributed by atoms with E-state index < -0.39 is 35.2 Å². The van der Waals surface area contributed by atoms with E-state index in [2.05, 4.69) is 20.5 Å². The second-order valence-electron chi connectivity index (χ2n) is 6.88. The first-order valence-electron chi connectivity index (χ1n) is 8.98. The molecule has 12 heteroatoms. The number of alkyl halides is 3. The Morgan fingerprint density at radius 2 is 1.97 bits per heavy atom. The van der Waals surface area contributed by atoms with Crippen LogP contribution in [0.3, 0.4) is 0 Å². The minimum absolute atomic E-state index is 0.0568. The van der Waals surface area contributed by atoms with Crippen LogP contribution in [0.15, 0.2) is 30.6 Å². The van der Waals surface area contributed by atoms with Gasteiger partial charge in [-0.3, -0.25) is 14.8 Å². The van der Waals surface area contributed by atoms with Gasteiger partial charge in [0.25, 0.3) is 0 Å². The maximum atomic E-state index is 13.7. The second-order valence-corrected chi connectivity index (χ2v) is 7.26. The molecule has 0 bridgehead atoms. The summed E-state index contributed by atoms with van der Waals surface area (Å²) in [5.74, 6) is -1.26. The average molecular weight is 443 g/mol. The van der Waals surface area contributed by atoms with Gasteiger partial charge < -0.3 is 0 Å². The van der Waals surface area contributed by atoms with Gasteiger partial charge in [-0.1, -0.05) is 29.8 Å². The van der Waals surface area contributed by atoms with Crippen molar-refractivity contribution in [2.45, 2.75) is 38.0 Å². The molecule has 1 aliphatic carbocycles. The predicted octanol–water partition coefficient (Wildman–Crippen LogP) is 3.85. The first-order chi connectivity index (χ1) is 14.2. The summed E-state index contributed by atoms with van der Waals surface area (Å²) < 4.78 is 55.4. The van der Waals surface area contributed by atoms with Crippen molar-refractivity contribution < 1.29 is 22.4 Å². The zero-order valence-electron chi connectivity index (χ0n) is 15.3. The highest BCUT2D eigenvalue weighted by atomic mass is 35.5. The molecular formula is C18H15ClF4N6O. The number of anilines is 1. The molecule has 158 valence electrons. The molecule has 2 heterocycles. The Morgan fingerprint density at radius 1 is 1.23 bits per heavy atom. The first kappa shape index (κ1) is 20.3. The number of nitrogens with zero attached hydrogens (tertiary/aromatic N) is 5. The number of halogens is 5. The summed E-state index contributed by atoms with van der Waals surface area (Å²) in [7, 11) is 0. The fourth-order valence-corrected chi connectivity index (χ4v) is 3.43. The van der Waals surface area contributed by atoms with Gasteiger partial charge in [-0.2, -0.15) is 18.3 Å². The number of carbonyl (C=O) groups excluding carboxylic acids is 1. The summed E-state index contributed by atoms with van der Waals surface area (Å²) in [6.07, 6.45) is -2.03.